The van der Waals surface area contributed by atoms with Crippen molar-refractivity contribution in [3.05, 3.63) is 69.4 Å². The van der Waals surface area contributed by atoms with Crippen LogP contribution in [0.2, 0.25) is 0 Å². The minimum atomic E-state index is -1.48. The smallest absolute Gasteiger partial charge is 0.194 e. The molecule has 0 N–H and O–H groups in total. The fourth-order valence-electron chi connectivity index (χ4n) is 1.74. The van der Waals surface area contributed by atoms with Gasteiger partial charge < -0.3 is 0 Å². The van der Waals surface area contributed by atoms with Crippen molar-refractivity contribution in [2.75, 3.05) is 0 Å². The molecule has 0 nitrogen and oxygen atoms in total. The number of rotatable bonds is 3. The first-order valence-corrected chi connectivity index (χ1v) is 6.73. The molecule has 0 radical (unpaired) electrons. The lowest BCUT2D eigenvalue weighted by Gasteiger charge is -2.11. The van der Waals surface area contributed by atoms with Crippen LogP contribution in [0.5, 0.6) is 0 Å². The summed E-state index contributed by atoms with van der Waals surface area (Å²) in [6.07, 6.45) is 0.394. The number of hydrogen-bond acceptors (Lipinski definition) is 0. The zero-order valence-electron chi connectivity index (χ0n) is 9.64. The van der Waals surface area contributed by atoms with Crippen LogP contribution in [0.15, 0.2) is 40.9 Å². The topological polar surface area (TPSA) is 0 Å². The Kier molecular flexibility index (Phi) is 4.53. The Morgan fingerprint density at radius 3 is 2.26 bits per heavy atom. The summed E-state index contributed by atoms with van der Waals surface area (Å²) in [6, 6.07) is 9.28. The zero-order chi connectivity index (χ0) is 14.0. The molecule has 2 rings (SSSR count). The zero-order valence-corrected chi connectivity index (χ0v) is 12.0. The van der Waals surface area contributed by atoms with Crippen LogP contribution in [0.1, 0.15) is 16.5 Å². The van der Waals surface area contributed by atoms with Gasteiger partial charge in [-0.2, -0.15) is 0 Å². The highest BCUT2D eigenvalue weighted by Gasteiger charge is 2.16. The maximum Gasteiger partial charge on any atom is 0.194 e. The molecule has 2 aromatic rings. The molecule has 19 heavy (non-hydrogen) atoms. The lowest BCUT2D eigenvalue weighted by molar-refractivity contribution is 0.445. The second-order valence-electron chi connectivity index (χ2n) is 4.10. The van der Waals surface area contributed by atoms with Crippen LogP contribution in [0.25, 0.3) is 0 Å². The van der Waals surface area contributed by atoms with Crippen molar-refractivity contribution in [2.45, 2.75) is 11.8 Å². The van der Waals surface area contributed by atoms with Gasteiger partial charge in [-0.25, -0.2) is 13.2 Å². The summed E-state index contributed by atoms with van der Waals surface area (Å²) < 4.78 is 40.0. The molecule has 0 amide bonds. The van der Waals surface area contributed by atoms with E-state index in [-0.39, 0.29) is 5.56 Å². The van der Waals surface area contributed by atoms with E-state index in [1.165, 1.54) is 0 Å². The fourth-order valence-corrected chi connectivity index (χ4v) is 2.50. The molecule has 0 fully saturated rings. The first-order chi connectivity index (χ1) is 8.97. The van der Waals surface area contributed by atoms with E-state index < -0.39 is 22.8 Å². The molecule has 0 aliphatic carbocycles. The summed E-state index contributed by atoms with van der Waals surface area (Å²) in [5, 5.41) is -0.626. The van der Waals surface area contributed by atoms with E-state index in [0.717, 1.165) is 22.2 Å². The van der Waals surface area contributed by atoms with Gasteiger partial charge in [-0.1, -0.05) is 28.1 Å². The maximum atomic E-state index is 13.1. The molecule has 100 valence electrons. The van der Waals surface area contributed by atoms with Gasteiger partial charge in [-0.15, -0.1) is 11.6 Å². The molecule has 0 bridgehead atoms. The Hall–Kier alpha value is -1.00. The molecule has 1 unspecified atom stereocenters. The van der Waals surface area contributed by atoms with Crippen LogP contribution >= 0.6 is 27.5 Å². The Balaban J connectivity index is 2.23. The van der Waals surface area contributed by atoms with Crippen molar-refractivity contribution in [1.29, 1.82) is 0 Å². The maximum absolute atomic E-state index is 13.1. The average molecular weight is 350 g/mol. The largest absolute Gasteiger partial charge is 0.204 e. The van der Waals surface area contributed by atoms with E-state index in [0.29, 0.717) is 6.42 Å². The summed E-state index contributed by atoms with van der Waals surface area (Å²) in [4.78, 5) is 0. The highest BCUT2D eigenvalue weighted by Crippen LogP contribution is 2.28. The van der Waals surface area contributed by atoms with E-state index in [9.17, 15) is 13.2 Å². The minimum Gasteiger partial charge on any atom is -0.204 e. The molecule has 0 aromatic heterocycles. The van der Waals surface area contributed by atoms with Gasteiger partial charge in [0.15, 0.2) is 17.5 Å². The summed E-state index contributed by atoms with van der Waals surface area (Å²) >= 11 is 9.45. The molecule has 0 saturated carbocycles. The van der Waals surface area contributed by atoms with E-state index in [1.807, 2.05) is 24.3 Å². The summed E-state index contributed by atoms with van der Waals surface area (Å²) in [5.74, 6) is -3.93. The molecule has 0 saturated heterocycles. The monoisotopic (exact) mass is 348 g/mol. The molecular formula is C14H9BrClF3. The molecule has 2 aromatic carbocycles. The number of hydrogen-bond donors (Lipinski definition) is 0. The predicted molar refractivity (Wildman–Crippen MR) is 72.8 cm³/mol. The van der Waals surface area contributed by atoms with Gasteiger partial charge in [0, 0.05) is 4.47 Å². The van der Waals surface area contributed by atoms with Crippen LogP contribution in [-0.4, -0.2) is 0 Å². The first-order valence-electron chi connectivity index (χ1n) is 5.50. The van der Waals surface area contributed by atoms with Crippen LogP contribution in [-0.2, 0) is 6.42 Å². The molecule has 1 atom stereocenters. The van der Waals surface area contributed by atoms with Crippen LogP contribution < -0.4 is 0 Å². The van der Waals surface area contributed by atoms with Crippen molar-refractivity contribution in [2.24, 2.45) is 0 Å². The SMILES string of the molecule is Fc1cc(C(Cl)Cc2cccc(Br)c2)cc(F)c1F. The third kappa shape index (κ3) is 3.51. The summed E-state index contributed by atoms with van der Waals surface area (Å²) in [7, 11) is 0. The van der Waals surface area contributed by atoms with Crippen LogP contribution in [0, 0.1) is 17.5 Å². The second-order valence-corrected chi connectivity index (χ2v) is 5.54. The van der Waals surface area contributed by atoms with Gasteiger partial charge in [-0.3, -0.25) is 0 Å². The first kappa shape index (κ1) is 14.4. The third-order valence-corrected chi connectivity index (χ3v) is 3.57. The predicted octanol–water partition coefficient (Wildman–Crippen LogP) is 5.39. The van der Waals surface area contributed by atoms with Crippen LogP contribution in [0.3, 0.4) is 0 Å². The normalized spacial score (nSPS) is 12.5. The summed E-state index contributed by atoms with van der Waals surface area (Å²) in [6.45, 7) is 0. The summed E-state index contributed by atoms with van der Waals surface area (Å²) in [5.41, 5.74) is 1.14. The van der Waals surface area contributed by atoms with Gasteiger partial charge in [0.25, 0.3) is 0 Å². The highest BCUT2D eigenvalue weighted by atomic mass is 79.9. The van der Waals surface area contributed by atoms with E-state index >= 15 is 0 Å². The number of alkyl halides is 1. The Morgan fingerprint density at radius 1 is 1.05 bits per heavy atom. The lowest BCUT2D eigenvalue weighted by Crippen LogP contribution is -2.00. The highest BCUT2D eigenvalue weighted by molar-refractivity contribution is 9.10. The van der Waals surface area contributed by atoms with E-state index in [4.69, 9.17) is 11.6 Å². The van der Waals surface area contributed by atoms with Crippen molar-refractivity contribution < 1.29 is 13.2 Å². The van der Waals surface area contributed by atoms with Gasteiger partial charge in [0.2, 0.25) is 0 Å². The molecule has 0 heterocycles. The van der Waals surface area contributed by atoms with Crippen molar-refractivity contribution in [3.8, 4) is 0 Å². The molecule has 0 aliphatic heterocycles. The Morgan fingerprint density at radius 2 is 1.68 bits per heavy atom. The standard InChI is InChI=1S/C14H9BrClF3/c15-10-3-1-2-8(4-10)5-11(16)9-6-12(17)14(19)13(18)7-9/h1-4,6-7,11H,5H2. The number of benzene rings is 2. The van der Waals surface area contributed by atoms with Gasteiger partial charge >= 0.3 is 0 Å². The second kappa shape index (κ2) is 5.97. The van der Waals surface area contributed by atoms with Crippen molar-refractivity contribution in [3.63, 3.8) is 0 Å². The fraction of sp³-hybridized carbons (Fsp3) is 0.143. The molecular weight excluding hydrogens is 341 g/mol. The van der Waals surface area contributed by atoms with E-state index in [2.05, 4.69) is 15.9 Å². The molecule has 0 aliphatic rings. The van der Waals surface area contributed by atoms with Gasteiger partial charge in [0.1, 0.15) is 0 Å². The quantitative estimate of drug-likeness (QED) is 0.515. The van der Waals surface area contributed by atoms with Crippen molar-refractivity contribution >= 4 is 27.5 Å². The van der Waals surface area contributed by atoms with Crippen molar-refractivity contribution in [1.82, 2.24) is 0 Å². The van der Waals surface area contributed by atoms with Crippen LogP contribution in [0.4, 0.5) is 13.2 Å². The van der Waals surface area contributed by atoms with Gasteiger partial charge in [-0.05, 0) is 41.8 Å². The Bertz CT molecular complexity index is 578. The van der Waals surface area contributed by atoms with E-state index in [1.54, 1.807) is 0 Å². The number of halogens is 5. The lowest BCUT2D eigenvalue weighted by atomic mass is 10.0. The third-order valence-electron chi connectivity index (χ3n) is 2.67. The molecule has 0 spiro atoms. The minimum absolute atomic E-state index is 0.220. The average Bonchev–Trinajstić information content (AvgIpc) is 2.35. The molecule has 5 heteroatoms. The van der Waals surface area contributed by atoms with Gasteiger partial charge in [0.05, 0.1) is 5.38 Å². The Labute approximate surface area is 122 Å².